The Bertz CT molecular complexity index is 712. The smallest absolute Gasteiger partial charge is 0.305 e. The molecule has 1 aromatic rings. The molecular weight excluding hydrogens is 356 g/mol. The first-order valence-electron chi connectivity index (χ1n) is 8.81. The zero-order valence-electron chi connectivity index (χ0n) is 14.8. The number of hydrogen-bond acceptors (Lipinski definition) is 4. The minimum Gasteiger partial charge on any atom is -0.481 e. The molecule has 0 radical (unpaired) electrons. The summed E-state index contributed by atoms with van der Waals surface area (Å²) in [7, 11) is -3.76. The third-order valence-corrected chi connectivity index (χ3v) is 5.93. The third kappa shape index (κ3) is 6.76. The molecule has 3 N–H and O–H groups in total. The van der Waals surface area contributed by atoms with Crippen molar-refractivity contribution in [1.82, 2.24) is 10.0 Å². The van der Waals surface area contributed by atoms with Crippen LogP contribution in [0.15, 0.2) is 30.3 Å². The van der Waals surface area contributed by atoms with Crippen molar-refractivity contribution < 1.29 is 23.1 Å². The van der Waals surface area contributed by atoms with Crippen molar-refractivity contribution in [1.29, 1.82) is 0 Å². The highest BCUT2D eigenvalue weighted by molar-refractivity contribution is 7.90. The molecule has 0 aliphatic heterocycles. The van der Waals surface area contributed by atoms with Crippen LogP contribution in [-0.4, -0.2) is 37.2 Å². The predicted octanol–water partition coefficient (Wildman–Crippen LogP) is 1.82. The number of hydrogen-bond donors (Lipinski definition) is 3. The van der Waals surface area contributed by atoms with Crippen LogP contribution in [0.1, 0.15) is 50.6 Å². The number of sulfonamides is 1. The highest BCUT2D eigenvalue weighted by Gasteiger charge is 2.26. The lowest BCUT2D eigenvalue weighted by Crippen LogP contribution is -2.43. The largest absolute Gasteiger partial charge is 0.481 e. The van der Waals surface area contributed by atoms with Gasteiger partial charge in [-0.1, -0.05) is 37.3 Å². The van der Waals surface area contributed by atoms with Crippen LogP contribution in [0.4, 0.5) is 0 Å². The van der Waals surface area contributed by atoms with E-state index < -0.39 is 33.7 Å². The van der Waals surface area contributed by atoms with E-state index >= 15 is 0 Å². The Kier molecular flexibility index (Phi) is 7.16. The van der Waals surface area contributed by atoms with Crippen molar-refractivity contribution in [3.8, 4) is 0 Å². The van der Waals surface area contributed by atoms with Gasteiger partial charge in [-0.05, 0) is 37.2 Å². The van der Waals surface area contributed by atoms with Gasteiger partial charge in [-0.2, -0.15) is 0 Å². The lowest BCUT2D eigenvalue weighted by atomic mass is 9.88. The summed E-state index contributed by atoms with van der Waals surface area (Å²) in [5.41, 5.74) is 0.620. The quantitative estimate of drug-likeness (QED) is 0.635. The van der Waals surface area contributed by atoms with Gasteiger partial charge < -0.3 is 10.4 Å². The maximum atomic E-state index is 12.2. The maximum Gasteiger partial charge on any atom is 0.305 e. The normalized spacial score (nSPS) is 21.7. The molecule has 1 fully saturated rings. The van der Waals surface area contributed by atoms with Gasteiger partial charge in [0.2, 0.25) is 15.9 Å². The van der Waals surface area contributed by atoms with Crippen molar-refractivity contribution in [3.63, 3.8) is 0 Å². The van der Waals surface area contributed by atoms with Crippen LogP contribution in [0, 0.1) is 5.92 Å². The first-order valence-corrected chi connectivity index (χ1v) is 10.5. The van der Waals surface area contributed by atoms with E-state index in [0.29, 0.717) is 11.5 Å². The van der Waals surface area contributed by atoms with Gasteiger partial charge in [0.15, 0.2) is 0 Å². The molecule has 0 spiro atoms. The molecule has 1 unspecified atom stereocenters. The van der Waals surface area contributed by atoms with Crippen molar-refractivity contribution in [2.45, 2.75) is 51.1 Å². The average Bonchev–Trinajstić information content (AvgIpc) is 2.56. The number of aliphatic carboxylic acids is 1. The second-order valence-electron chi connectivity index (χ2n) is 6.96. The minimum atomic E-state index is -3.76. The molecule has 1 amide bonds. The molecule has 1 aromatic carbocycles. The van der Waals surface area contributed by atoms with Crippen molar-refractivity contribution in [2.75, 3.05) is 5.75 Å². The van der Waals surface area contributed by atoms with Crippen LogP contribution < -0.4 is 10.0 Å². The van der Waals surface area contributed by atoms with Gasteiger partial charge in [0.25, 0.3) is 0 Å². The number of nitrogens with one attached hydrogen (secondary N) is 2. The van der Waals surface area contributed by atoms with E-state index in [1.54, 1.807) is 30.3 Å². The van der Waals surface area contributed by atoms with Gasteiger partial charge in [0.05, 0.1) is 12.5 Å². The summed E-state index contributed by atoms with van der Waals surface area (Å²) in [5.74, 6) is -1.89. The molecule has 1 saturated carbocycles. The van der Waals surface area contributed by atoms with Gasteiger partial charge in [-0.25, -0.2) is 13.1 Å². The summed E-state index contributed by atoms with van der Waals surface area (Å²) in [6.07, 6.45) is 3.16. The van der Waals surface area contributed by atoms with Crippen molar-refractivity contribution in [3.05, 3.63) is 35.9 Å². The Balaban J connectivity index is 1.95. The fraction of sp³-hybridized carbons (Fsp3) is 0.556. The number of carbonyl (C=O) groups is 2. The van der Waals surface area contributed by atoms with E-state index in [9.17, 15) is 18.0 Å². The first-order chi connectivity index (χ1) is 12.2. The molecule has 144 valence electrons. The zero-order valence-corrected chi connectivity index (χ0v) is 15.7. The first kappa shape index (κ1) is 20.4. The van der Waals surface area contributed by atoms with Gasteiger partial charge in [-0.15, -0.1) is 0 Å². The van der Waals surface area contributed by atoms with E-state index in [4.69, 9.17) is 5.11 Å². The lowest BCUT2D eigenvalue weighted by molar-refractivity contribution is -0.137. The summed E-state index contributed by atoms with van der Waals surface area (Å²) in [6.45, 7) is 2.14. The molecule has 0 aromatic heterocycles. The highest BCUT2D eigenvalue weighted by atomic mass is 32.2. The fourth-order valence-corrected chi connectivity index (χ4v) is 4.45. The van der Waals surface area contributed by atoms with Gasteiger partial charge in [0, 0.05) is 6.04 Å². The lowest BCUT2D eigenvalue weighted by Gasteiger charge is -2.26. The van der Waals surface area contributed by atoms with Crippen molar-refractivity contribution >= 4 is 21.9 Å². The molecule has 8 heteroatoms. The topological polar surface area (TPSA) is 113 Å². The molecular formula is C18H26N2O5S. The Morgan fingerprint density at radius 3 is 2.35 bits per heavy atom. The summed E-state index contributed by atoms with van der Waals surface area (Å²) in [6, 6.07) is 7.74. The molecule has 1 aliphatic rings. The van der Waals surface area contributed by atoms with Gasteiger partial charge in [-0.3, -0.25) is 9.59 Å². The molecule has 0 saturated heterocycles. The third-order valence-electron chi connectivity index (χ3n) is 4.60. The number of amides is 1. The predicted molar refractivity (Wildman–Crippen MR) is 97.9 cm³/mol. The SMILES string of the molecule is CC1CCC(NS(=O)(=O)CC(=O)NC(CC(=O)O)c2ccccc2)CC1. The molecule has 0 bridgehead atoms. The molecule has 2 rings (SSSR count). The van der Waals surface area contributed by atoms with Crippen LogP contribution in [0.3, 0.4) is 0 Å². The molecule has 0 heterocycles. The monoisotopic (exact) mass is 382 g/mol. The number of carboxylic acid groups (broad SMARTS) is 1. The number of benzene rings is 1. The molecule has 1 atom stereocenters. The fourth-order valence-electron chi connectivity index (χ4n) is 3.19. The van der Waals surface area contributed by atoms with Crippen LogP contribution in [-0.2, 0) is 19.6 Å². The Morgan fingerprint density at radius 1 is 1.15 bits per heavy atom. The van der Waals surface area contributed by atoms with Crippen LogP contribution in [0.5, 0.6) is 0 Å². The zero-order chi connectivity index (χ0) is 19.2. The van der Waals surface area contributed by atoms with Gasteiger partial charge in [0.1, 0.15) is 5.75 Å². The number of carbonyl (C=O) groups excluding carboxylic acids is 1. The molecule has 1 aliphatic carbocycles. The Morgan fingerprint density at radius 2 is 1.77 bits per heavy atom. The second-order valence-corrected chi connectivity index (χ2v) is 8.72. The van der Waals surface area contributed by atoms with Crippen LogP contribution >= 0.6 is 0 Å². The summed E-state index contributed by atoms with van der Waals surface area (Å²) >= 11 is 0. The van der Waals surface area contributed by atoms with E-state index in [1.165, 1.54) is 0 Å². The number of carboxylic acids is 1. The summed E-state index contributed by atoms with van der Waals surface area (Å²) in [5, 5.41) is 11.6. The van der Waals surface area contributed by atoms with E-state index in [-0.39, 0.29) is 12.5 Å². The Hall–Kier alpha value is -1.93. The molecule has 26 heavy (non-hydrogen) atoms. The van der Waals surface area contributed by atoms with Crippen molar-refractivity contribution in [2.24, 2.45) is 5.92 Å². The van der Waals surface area contributed by atoms with Crippen LogP contribution in [0.2, 0.25) is 0 Å². The number of rotatable bonds is 8. The summed E-state index contributed by atoms with van der Waals surface area (Å²) in [4.78, 5) is 23.3. The minimum absolute atomic E-state index is 0.132. The van der Waals surface area contributed by atoms with Gasteiger partial charge >= 0.3 is 5.97 Å². The van der Waals surface area contributed by atoms with E-state index in [2.05, 4.69) is 17.0 Å². The average molecular weight is 382 g/mol. The Labute approximate surface area is 154 Å². The maximum absolute atomic E-state index is 12.2. The molecule has 7 nitrogen and oxygen atoms in total. The second kappa shape index (κ2) is 9.14. The highest BCUT2D eigenvalue weighted by Crippen LogP contribution is 2.24. The van der Waals surface area contributed by atoms with E-state index in [1.807, 2.05) is 0 Å². The standard InChI is InChI=1S/C18H26N2O5S/c1-13-7-9-15(10-8-13)20-26(24,25)12-17(21)19-16(11-18(22)23)14-5-3-2-4-6-14/h2-6,13,15-16,20H,7-12H2,1H3,(H,19,21)(H,22,23). The van der Waals surface area contributed by atoms with E-state index in [0.717, 1.165) is 25.7 Å². The van der Waals surface area contributed by atoms with Crippen LogP contribution in [0.25, 0.3) is 0 Å². The summed E-state index contributed by atoms with van der Waals surface area (Å²) < 4.78 is 27.1.